The van der Waals surface area contributed by atoms with Crippen LogP contribution in [0.1, 0.15) is 25.7 Å². The van der Waals surface area contributed by atoms with Gasteiger partial charge in [0.1, 0.15) is 0 Å². The smallest absolute Gasteiger partial charge is 0.411 e. The Bertz CT molecular complexity index is 701. The predicted octanol–water partition coefficient (Wildman–Crippen LogP) is 2.11. The molecule has 0 bridgehead atoms. The van der Waals surface area contributed by atoms with Crippen LogP contribution in [0.4, 0.5) is 10.5 Å². The Morgan fingerprint density at radius 1 is 1.08 bits per heavy atom. The lowest BCUT2D eigenvalue weighted by atomic mass is 9.91. The van der Waals surface area contributed by atoms with Crippen LogP contribution in [-0.4, -0.2) is 63.0 Å². The first-order valence-corrected chi connectivity index (χ1v) is 10.1. The molecule has 2 fully saturated rings. The maximum atomic E-state index is 12.9. The largest absolute Gasteiger partial charge is 0.453 e. The highest BCUT2D eigenvalue weighted by molar-refractivity contribution is 7.89. The van der Waals surface area contributed by atoms with Crippen molar-refractivity contribution in [3.63, 3.8) is 0 Å². The van der Waals surface area contributed by atoms with E-state index in [4.69, 9.17) is 0 Å². The van der Waals surface area contributed by atoms with E-state index in [0.717, 1.165) is 19.5 Å². The second kappa shape index (κ2) is 7.72. The van der Waals surface area contributed by atoms with Crippen molar-refractivity contribution in [3.8, 4) is 0 Å². The second-order valence-corrected chi connectivity index (χ2v) is 8.46. The Morgan fingerprint density at radius 2 is 1.80 bits per heavy atom. The van der Waals surface area contributed by atoms with E-state index in [-0.39, 0.29) is 4.90 Å². The normalized spacial score (nSPS) is 20.5. The molecule has 1 aliphatic heterocycles. The molecule has 8 heteroatoms. The van der Waals surface area contributed by atoms with Crippen molar-refractivity contribution in [3.05, 3.63) is 24.3 Å². The lowest BCUT2D eigenvalue weighted by Crippen LogP contribution is -2.42. The standard InChI is InChI=1S/C17H25N3O4S/c1-24-17(21)18-14-6-8-16(9-7-14)25(22,23)20-11-3-10-19(12-13-20)15-4-2-5-15/h6-9,15H,2-5,10-13H2,1H3,(H,18,21). The minimum absolute atomic E-state index is 0.250. The zero-order valence-electron chi connectivity index (χ0n) is 14.5. The molecular formula is C17H25N3O4S. The molecule has 1 heterocycles. The van der Waals surface area contributed by atoms with E-state index in [0.29, 0.717) is 24.8 Å². The van der Waals surface area contributed by atoms with E-state index < -0.39 is 16.1 Å². The zero-order chi connectivity index (χ0) is 17.9. The van der Waals surface area contributed by atoms with Crippen molar-refractivity contribution in [2.24, 2.45) is 0 Å². The van der Waals surface area contributed by atoms with E-state index in [1.165, 1.54) is 38.5 Å². The number of hydrogen-bond donors (Lipinski definition) is 1. The van der Waals surface area contributed by atoms with Crippen molar-refractivity contribution in [2.45, 2.75) is 36.6 Å². The molecule has 1 N–H and O–H groups in total. The molecule has 1 aromatic carbocycles. The fourth-order valence-corrected chi connectivity index (χ4v) is 4.77. The molecule has 25 heavy (non-hydrogen) atoms. The maximum Gasteiger partial charge on any atom is 0.411 e. The molecule has 0 spiro atoms. The zero-order valence-corrected chi connectivity index (χ0v) is 15.3. The number of carbonyl (C=O) groups is 1. The van der Waals surface area contributed by atoms with Crippen LogP contribution < -0.4 is 5.32 Å². The summed E-state index contributed by atoms with van der Waals surface area (Å²) in [7, 11) is -2.23. The van der Waals surface area contributed by atoms with Gasteiger partial charge in [0.25, 0.3) is 0 Å². The van der Waals surface area contributed by atoms with Crippen LogP contribution in [0.15, 0.2) is 29.2 Å². The molecular weight excluding hydrogens is 342 g/mol. The minimum Gasteiger partial charge on any atom is -0.453 e. The molecule has 0 radical (unpaired) electrons. The van der Waals surface area contributed by atoms with Gasteiger partial charge in [-0.3, -0.25) is 10.2 Å². The van der Waals surface area contributed by atoms with Gasteiger partial charge in [-0.2, -0.15) is 4.31 Å². The van der Waals surface area contributed by atoms with Crippen molar-refractivity contribution in [1.29, 1.82) is 0 Å². The van der Waals surface area contributed by atoms with Crippen molar-refractivity contribution < 1.29 is 17.9 Å². The third kappa shape index (κ3) is 4.13. The number of methoxy groups -OCH3 is 1. The quantitative estimate of drug-likeness (QED) is 0.882. The summed E-state index contributed by atoms with van der Waals surface area (Å²) in [5, 5.41) is 2.51. The first-order valence-electron chi connectivity index (χ1n) is 8.70. The number of rotatable bonds is 4. The number of hydrogen-bond acceptors (Lipinski definition) is 5. The highest BCUT2D eigenvalue weighted by Gasteiger charge is 2.30. The summed E-state index contributed by atoms with van der Waals surface area (Å²) in [6, 6.07) is 6.83. The van der Waals surface area contributed by atoms with Crippen LogP contribution in [0, 0.1) is 0 Å². The number of nitrogens with one attached hydrogen (secondary N) is 1. The molecule has 1 amide bonds. The average molecular weight is 367 g/mol. The van der Waals surface area contributed by atoms with Crippen molar-refractivity contribution >= 4 is 21.8 Å². The Kier molecular flexibility index (Phi) is 5.61. The Morgan fingerprint density at radius 3 is 2.40 bits per heavy atom. The predicted molar refractivity (Wildman–Crippen MR) is 95.1 cm³/mol. The number of benzene rings is 1. The van der Waals surface area contributed by atoms with E-state index in [1.54, 1.807) is 16.4 Å². The van der Waals surface area contributed by atoms with Crippen LogP contribution in [0.25, 0.3) is 0 Å². The van der Waals surface area contributed by atoms with Gasteiger partial charge in [-0.15, -0.1) is 0 Å². The third-order valence-corrected chi connectivity index (χ3v) is 6.92. The Hall–Kier alpha value is -1.64. The van der Waals surface area contributed by atoms with E-state index >= 15 is 0 Å². The fourth-order valence-electron chi connectivity index (χ4n) is 3.30. The maximum absolute atomic E-state index is 12.9. The van der Waals surface area contributed by atoms with Gasteiger partial charge in [0, 0.05) is 31.4 Å². The number of sulfonamides is 1. The van der Waals surface area contributed by atoms with Gasteiger partial charge < -0.3 is 4.74 Å². The fraction of sp³-hybridized carbons (Fsp3) is 0.588. The number of carbonyl (C=O) groups excluding carboxylic acids is 1. The highest BCUT2D eigenvalue weighted by atomic mass is 32.2. The molecule has 1 aliphatic carbocycles. The summed E-state index contributed by atoms with van der Waals surface area (Å²) < 4.78 is 31.9. The van der Waals surface area contributed by atoms with E-state index in [9.17, 15) is 13.2 Å². The van der Waals surface area contributed by atoms with Crippen LogP contribution in [-0.2, 0) is 14.8 Å². The molecule has 1 aromatic rings. The van der Waals surface area contributed by atoms with Crippen LogP contribution in [0.3, 0.4) is 0 Å². The van der Waals surface area contributed by atoms with Gasteiger partial charge in [-0.05, 0) is 50.1 Å². The lowest BCUT2D eigenvalue weighted by Gasteiger charge is -2.36. The van der Waals surface area contributed by atoms with Gasteiger partial charge in [0.05, 0.1) is 12.0 Å². The van der Waals surface area contributed by atoms with E-state index in [2.05, 4.69) is 15.0 Å². The molecule has 7 nitrogen and oxygen atoms in total. The summed E-state index contributed by atoms with van der Waals surface area (Å²) in [6.07, 6.45) is 4.04. The number of amides is 1. The van der Waals surface area contributed by atoms with E-state index in [1.807, 2.05) is 0 Å². The highest BCUT2D eigenvalue weighted by Crippen LogP contribution is 2.27. The first-order chi connectivity index (χ1) is 12.0. The van der Waals surface area contributed by atoms with Crippen LogP contribution in [0.2, 0.25) is 0 Å². The van der Waals surface area contributed by atoms with Crippen molar-refractivity contribution in [2.75, 3.05) is 38.6 Å². The molecule has 1 saturated heterocycles. The Balaban J connectivity index is 1.67. The molecule has 1 saturated carbocycles. The van der Waals surface area contributed by atoms with Gasteiger partial charge in [0.15, 0.2) is 0 Å². The monoisotopic (exact) mass is 367 g/mol. The summed E-state index contributed by atoms with van der Waals surface area (Å²) in [5.74, 6) is 0. The summed E-state index contributed by atoms with van der Waals surface area (Å²) in [4.78, 5) is 13.9. The lowest BCUT2D eigenvalue weighted by molar-refractivity contribution is 0.134. The number of ether oxygens (including phenoxy) is 1. The van der Waals surface area contributed by atoms with Crippen LogP contribution in [0.5, 0.6) is 0 Å². The van der Waals surface area contributed by atoms with Gasteiger partial charge in [-0.25, -0.2) is 13.2 Å². The SMILES string of the molecule is COC(=O)Nc1ccc(S(=O)(=O)N2CCCN(C3CCC3)CC2)cc1. The second-order valence-electron chi connectivity index (χ2n) is 6.52. The van der Waals surface area contributed by atoms with Gasteiger partial charge in [-0.1, -0.05) is 6.42 Å². The van der Waals surface area contributed by atoms with Crippen molar-refractivity contribution in [1.82, 2.24) is 9.21 Å². The summed E-state index contributed by atoms with van der Waals surface area (Å²) >= 11 is 0. The summed E-state index contributed by atoms with van der Waals surface area (Å²) in [6.45, 7) is 2.85. The Labute approximate surface area is 149 Å². The molecule has 138 valence electrons. The number of anilines is 1. The van der Waals surface area contributed by atoms with Crippen LogP contribution >= 0.6 is 0 Å². The molecule has 3 rings (SSSR count). The molecule has 0 atom stereocenters. The number of nitrogens with zero attached hydrogens (tertiary/aromatic N) is 2. The average Bonchev–Trinajstić information content (AvgIpc) is 2.80. The first kappa shape index (κ1) is 18.2. The van der Waals surface area contributed by atoms with Gasteiger partial charge in [0.2, 0.25) is 10.0 Å². The topological polar surface area (TPSA) is 78.9 Å². The summed E-state index contributed by atoms with van der Waals surface area (Å²) in [5.41, 5.74) is 0.498. The minimum atomic E-state index is -3.51. The molecule has 2 aliphatic rings. The van der Waals surface area contributed by atoms with Gasteiger partial charge >= 0.3 is 6.09 Å². The third-order valence-electron chi connectivity index (χ3n) is 5.00. The molecule has 0 unspecified atom stereocenters. The molecule has 0 aromatic heterocycles.